The second-order valence-corrected chi connectivity index (χ2v) is 8.40. The smallest absolute Gasteiger partial charge is 0.252 e. The van der Waals surface area contributed by atoms with E-state index in [1.807, 2.05) is 32.1 Å². The molecule has 1 aliphatic carbocycles. The fourth-order valence-corrected chi connectivity index (χ4v) is 4.15. The minimum Gasteiger partial charge on any atom is -0.369 e. The van der Waals surface area contributed by atoms with Gasteiger partial charge in [0.15, 0.2) is 0 Å². The van der Waals surface area contributed by atoms with Gasteiger partial charge < -0.3 is 10.2 Å². The third-order valence-corrected chi connectivity index (χ3v) is 5.76. The van der Waals surface area contributed by atoms with Gasteiger partial charge in [-0.2, -0.15) is 5.26 Å². The fourth-order valence-electron chi connectivity index (χ4n) is 4.15. The highest BCUT2D eigenvalue weighted by atomic mass is 19.3. The largest absolute Gasteiger partial charge is 0.369 e. The van der Waals surface area contributed by atoms with Gasteiger partial charge in [0.1, 0.15) is 6.07 Å². The Bertz CT molecular complexity index is 903. The van der Waals surface area contributed by atoms with Crippen molar-refractivity contribution in [2.24, 2.45) is 16.8 Å². The second kappa shape index (κ2) is 8.95. The van der Waals surface area contributed by atoms with Crippen LogP contribution in [0.4, 0.5) is 20.2 Å². The molecule has 2 aliphatic rings. The Labute approximate surface area is 176 Å². The van der Waals surface area contributed by atoms with Crippen molar-refractivity contribution in [3.63, 3.8) is 0 Å². The molecule has 5 nitrogen and oxygen atoms in total. The average Bonchev–Trinajstić information content (AvgIpc) is 3.27. The predicted molar refractivity (Wildman–Crippen MR) is 114 cm³/mol. The Morgan fingerprint density at radius 1 is 1.43 bits per heavy atom. The molecule has 160 valence electrons. The summed E-state index contributed by atoms with van der Waals surface area (Å²) in [6.45, 7) is 7.37. The molecule has 1 unspecified atom stereocenters. The first-order valence-corrected chi connectivity index (χ1v) is 10.4. The van der Waals surface area contributed by atoms with Crippen LogP contribution >= 0.6 is 0 Å². The van der Waals surface area contributed by atoms with E-state index in [4.69, 9.17) is 0 Å². The summed E-state index contributed by atoms with van der Waals surface area (Å²) in [5, 5.41) is 12.4. The Morgan fingerprint density at radius 2 is 2.17 bits per heavy atom. The number of halogens is 2. The zero-order chi connectivity index (χ0) is 21.9. The van der Waals surface area contributed by atoms with Crippen molar-refractivity contribution in [2.75, 3.05) is 18.0 Å². The number of nitrogens with one attached hydrogen (secondary N) is 1. The van der Waals surface area contributed by atoms with E-state index < -0.39 is 11.8 Å². The molecule has 0 bridgehead atoms. The number of nitrogens with zero attached hydrogens (tertiary/aromatic N) is 3. The van der Waals surface area contributed by atoms with Crippen LogP contribution in [0.5, 0.6) is 0 Å². The summed E-state index contributed by atoms with van der Waals surface area (Å²) >= 11 is 0. The molecule has 3 atom stereocenters. The molecule has 1 aromatic rings. The highest BCUT2D eigenvalue weighted by molar-refractivity contribution is 5.80. The van der Waals surface area contributed by atoms with Crippen molar-refractivity contribution in [1.82, 2.24) is 5.32 Å². The summed E-state index contributed by atoms with van der Waals surface area (Å²) in [5.41, 5.74) is 3.04. The molecule has 1 saturated carbocycles. The Kier molecular flexibility index (Phi) is 6.55. The first-order chi connectivity index (χ1) is 14.2. The summed E-state index contributed by atoms with van der Waals surface area (Å²) in [5.74, 6) is -3.46. The molecular weight excluding hydrogens is 386 g/mol. The molecule has 1 amide bonds. The molecule has 0 aromatic heterocycles. The number of benzene rings is 1. The number of piperidine rings is 1. The van der Waals surface area contributed by atoms with E-state index in [1.165, 1.54) is 0 Å². The Morgan fingerprint density at radius 3 is 2.80 bits per heavy atom. The first-order valence-electron chi connectivity index (χ1n) is 10.4. The van der Waals surface area contributed by atoms with Crippen molar-refractivity contribution < 1.29 is 13.6 Å². The summed E-state index contributed by atoms with van der Waals surface area (Å²) in [4.78, 5) is 18.9. The summed E-state index contributed by atoms with van der Waals surface area (Å²) in [6.07, 6.45) is 5.86. The number of hydrogen-bond acceptors (Lipinski definition) is 4. The number of aliphatic imine (C=N–C) groups is 1. The van der Waals surface area contributed by atoms with Crippen molar-refractivity contribution in [1.29, 1.82) is 5.26 Å². The van der Waals surface area contributed by atoms with Crippen LogP contribution < -0.4 is 10.2 Å². The number of alkyl halides is 2. The van der Waals surface area contributed by atoms with Gasteiger partial charge >= 0.3 is 0 Å². The molecule has 1 heterocycles. The number of hydrogen-bond donors (Lipinski definition) is 1. The first kappa shape index (κ1) is 21.9. The maximum absolute atomic E-state index is 13.1. The normalized spacial score (nSPS) is 25.5. The molecule has 0 spiro atoms. The van der Waals surface area contributed by atoms with Gasteiger partial charge in [-0.15, -0.1) is 0 Å². The molecule has 0 radical (unpaired) electrons. The van der Waals surface area contributed by atoms with E-state index in [0.29, 0.717) is 23.7 Å². The fraction of sp³-hybridized carbons (Fsp3) is 0.522. The number of nitriles is 1. The number of rotatable bonds is 6. The molecule has 1 saturated heterocycles. The predicted octanol–water partition coefficient (Wildman–Crippen LogP) is 4.52. The van der Waals surface area contributed by atoms with Crippen LogP contribution in [-0.2, 0) is 4.79 Å². The van der Waals surface area contributed by atoms with Crippen LogP contribution in [0, 0.1) is 30.1 Å². The average molecular weight is 415 g/mol. The van der Waals surface area contributed by atoms with E-state index >= 15 is 0 Å². The lowest BCUT2D eigenvalue weighted by molar-refractivity contribution is -0.122. The van der Waals surface area contributed by atoms with Gasteiger partial charge in [-0.3, -0.25) is 9.79 Å². The number of allylic oxidation sites excluding steroid dienone is 2. The Balaban J connectivity index is 1.75. The molecule has 30 heavy (non-hydrogen) atoms. The maximum atomic E-state index is 13.1. The quantitative estimate of drug-likeness (QED) is 0.696. The number of amides is 1. The molecule has 3 rings (SSSR count). The summed E-state index contributed by atoms with van der Waals surface area (Å²) in [6, 6.07) is 5.79. The highest BCUT2D eigenvalue weighted by Gasteiger charge is 2.57. The zero-order valence-corrected chi connectivity index (χ0v) is 17.7. The molecule has 1 aliphatic heterocycles. The highest BCUT2D eigenvalue weighted by Crippen LogP contribution is 2.50. The van der Waals surface area contributed by atoms with Crippen molar-refractivity contribution >= 4 is 23.5 Å². The van der Waals surface area contributed by atoms with Crippen LogP contribution in [0.1, 0.15) is 44.2 Å². The van der Waals surface area contributed by atoms with E-state index in [2.05, 4.69) is 28.2 Å². The number of carbonyl (C=O) groups excluding carboxylic acids is 1. The maximum Gasteiger partial charge on any atom is 0.252 e. The SMILES string of the molecule is C/C=C/C=N\c1c(C#N)ccc(N2C[C@@H](C)C[C@@H](NC(=O)CC3CC3(F)F)C2)c1C. The summed E-state index contributed by atoms with van der Waals surface area (Å²) in [7, 11) is 0. The van der Waals surface area contributed by atoms with Gasteiger partial charge in [-0.25, -0.2) is 8.78 Å². The van der Waals surface area contributed by atoms with Gasteiger partial charge in [-0.05, 0) is 50.0 Å². The third kappa shape index (κ3) is 5.05. The lowest BCUT2D eigenvalue weighted by Gasteiger charge is -2.39. The monoisotopic (exact) mass is 414 g/mol. The van der Waals surface area contributed by atoms with Gasteiger partial charge in [0.25, 0.3) is 5.92 Å². The van der Waals surface area contributed by atoms with Gasteiger partial charge in [0.2, 0.25) is 5.91 Å². The van der Waals surface area contributed by atoms with E-state index in [1.54, 1.807) is 12.3 Å². The van der Waals surface area contributed by atoms with E-state index in [0.717, 1.165) is 24.2 Å². The molecule has 7 heteroatoms. The van der Waals surface area contributed by atoms with Gasteiger partial charge in [0, 0.05) is 49.8 Å². The van der Waals surface area contributed by atoms with Crippen molar-refractivity contribution in [2.45, 2.75) is 52.0 Å². The van der Waals surface area contributed by atoms with Crippen LogP contribution in [0.2, 0.25) is 0 Å². The molecule has 1 aromatic carbocycles. The van der Waals surface area contributed by atoms with Crippen LogP contribution in [0.25, 0.3) is 0 Å². The van der Waals surface area contributed by atoms with Gasteiger partial charge in [-0.1, -0.05) is 13.0 Å². The number of anilines is 1. The standard InChI is InChI=1S/C23H28F2N4O/c1-4-5-8-27-22-16(3)20(7-6-17(22)12-26)29-13-15(2)9-19(14-29)28-21(30)10-18-11-23(18,24)25/h4-8,15,18-19H,9-11,13-14H2,1-3H3,(H,28,30)/b5-4+,27-8-/t15-,18?,19+/m0/s1. The van der Waals surface area contributed by atoms with Crippen LogP contribution in [0.15, 0.2) is 29.3 Å². The van der Waals surface area contributed by atoms with Gasteiger partial charge in [0.05, 0.1) is 11.3 Å². The zero-order valence-electron chi connectivity index (χ0n) is 17.7. The topological polar surface area (TPSA) is 68.5 Å². The third-order valence-electron chi connectivity index (χ3n) is 5.76. The number of carbonyl (C=O) groups is 1. The van der Waals surface area contributed by atoms with E-state index in [-0.39, 0.29) is 24.8 Å². The van der Waals surface area contributed by atoms with Crippen molar-refractivity contribution in [3.8, 4) is 6.07 Å². The minimum absolute atomic E-state index is 0.0985. The van der Waals surface area contributed by atoms with Crippen LogP contribution in [-0.4, -0.2) is 37.2 Å². The molecular formula is C23H28F2N4O. The van der Waals surface area contributed by atoms with E-state index in [9.17, 15) is 18.8 Å². The molecule has 1 N–H and O–H groups in total. The summed E-state index contributed by atoms with van der Waals surface area (Å²) < 4.78 is 26.2. The van der Waals surface area contributed by atoms with Crippen molar-refractivity contribution in [3.05, 3.63) is 35.4 Å². The molecule has 2 fully saturated rings. The second-order valence-electron chi connectivity index (χ2n) is 8.40. The minimum atomic E-state index is -2.67. The Hall–Kier alpha value is -2.75. The lowest BCUT2D eigenvalue weighted by Crippen LogP contribution is -2.50. The van der Waals surface area contributed by atoms with Crippen LogP contribution in [0.3, 0.4) is 0 Å². The lowest BCUT2D eigenvalue weighted by atomic mass is 9.94.